The van der Waals surface area contributed by atoms with Crippen LogP contribution in [0.4, 0.5) is 4.79 Å². The molecule has 7 nitrogen and oxygen atoms in total. The third-order valence-corrected chi connectivity index (χ3v) is 2.62. The normalized spacial score (nSPS) is 20.0. The standard InChI is InChI=1S/C10H16N2O5/c1-7-5-11(3-4-12(7)10(15)16)9(14)6-17-8(2)13/h7H,3-6H2,1-2H3,(H,15,16). The van der Waals surface area contributed by atoms with Gasteiger partial charge in [-0.15, -0.1) is 0 Å². The van der Waals surface area contributed by atoms with Gasteiger partial charge in [-0.05, 0) is 6.92 Å². The van der Waals surface area contributed by atoms with Gasteiger partial charge in [0.05, 0.1) is 0 Å². The van der Waals surface area contributed by atoms with Crippen LogP contribution in [-0.2, 0) is 14.3 Å². The van der Waals surface area contributed by atoms with Gasteiger partial charge in [0.2, 0.25) is 0 Å². The second-order valence-electron chi connectivity index (χ2n) is 3.95. The highest BCUT2D eigenvalue weighted by molar-refractivity contribution is 5.80. The average Bonchev–Trinajstić information content (AvgIpc) is 2.25. The third-order valence-electron chi connectivity index (χ3n) is 2.62. The van der Waals surface area contributed by atoms with Crippen LogP contribution in [0.1, 0.15) is 13.8 Å². The van der Waals surface area contributed by atoms with E-state index in [1.807, 2.05) is 0 Å². The summed E-state index contributed by atoms with van der Waals surface area (Å²) < 4.78 is 4.61. The third kappa shape index (κ3) is 3.61. The van der Waals surface area contributed by atoms with Crippen molar-refractivity contribution in [1.82, 2.24) is 9.80 Å². The Hall–Kier alpha value is -1.79. The molecule has 0 radical (unpaired) electrons. The molecule has 96 valence electrons. The number of ether oxygens (including phenoxy) is 1. The number of rotatable bonds is 2. The van der Waals surface area contributed by atoms with Crippen LogP contribution in [0.25, 0.3) is 0 Å². The molecule has 1 unspecified atom stereocenters. The van der Waals surface area contributed by atoms with Gasteiger partial charge in [0.15, 0.2) is 6.61 Å². The highest BCUT2D eigenvalue weighted by Gasteiger charge is 2.29. The number of hydrogen-bond acceptors (Lipinski definition) is 4. The predicted molar refractivity (Wildman–Crippen MR) is 57.4 cm³/mol. The summed E-state index contributed by atoms with van der Waals surface area (Å²) in [5.41, 5.74) is 0. The summed E-state index contributed by atoms with van der Waals surface area (Å²) in [7, 11) is 0. The van der Waals surface area contributed by atoms with Crippen LogP contribution >= 0.6 is 0 Å². The van der Waals surface area contributed by atoms with Gasteiger partial charge in [-0.1, -0.05) is 0 Å². The summed E-state index contributed by atoms with van der Waals surface area (Å²) in [6, 6.07) is -0.248. The number of piperazine rings is 1. The van der Waals surface area contributed by atoms with Crippen molar-refractivity contribution in [3.8, 4) is 0 Å². The Morgan fingerprint density at radius 3 is 2.47 bits per heavy atom. The first-order valence-electron chi connectivity index (χ1n) is 5.32. The molecule has 17 heavy (non-hydrogen) atoms. The predicted octanol–water partition coefficient (Wildman–Crippen LogP) is -0.240. The first-order chi connectivity index (χ1) is 7.91. The van der Waals surface area contributed by atoms with Crippen molar-refractivity contribution in [3.63, 3.8) is 0 Å². The van der Waals surface area contributed by atoms with Gasteiger partial charge in [-0.25, -0.2) is 4.79 Å². The fraction of sp³-hybridized carbons (Fsp3) is 0.700. The molecule has 1 heterocycles. The molecule has 1 saturated heterocycles. The van der Waals surface area contributed by atoms with Gasteiger partial charge in [0.25, 0.3) is 5.91 Å². The van der Waals surface area contributed by atoms with E-state index in [9.17, 15) is 14.4 Å². The zero-order valence-corrected chi connectivity index (χ0v) is 9.88. The molecule has 0 bridgehead atoms. The van der Waals surface area contributed by atoms with Crippen molar-refractivity contribution < 1.29 is 24.2 Å². The molecule has 2 amide bonds. The minimum absolute atomic E-state index is 0.248. The molecule has 1 atom stereocenters. The molecule has 1 fully saturated rings. The molecule has 1 N–H and O–H groups in total. The molecular weight excluding hydrogens is 228 g/mol. The molecule has 0 aromatic heterocycles. The zero-order chi connectivity index (χ0) is 13.0. The monoisotopic (exact) mass is 244 g/mol. The summed E-state index contributed by atoms with van der Waals surface area (Å²) in [6.07, 6.45) is -0.982. The fourth-order valence-electron chi connectivity index (χ4n) is 1.72. The topological polar surface area (TPSA) is 87.2 Å². The van der Waals surface area contributed by atoms with Crippen LogP contribution in [0.3, 0.4) is 0 Å². The minimum atomic E-state index is -0.982. The van der Waals surface area contributed by atoms with Crippen LogP contribution < -0.4 is 0 Å². The number of amides is 2. The summed E-state index contributed by atoms with van der Waals surface area (Å²) in [4.78, 5) is 35.8. The smallest absolute Gasteiger partial charge is 0.407 e. The van der Waals surface area contributed by atoms with Gasteiger partial charge in [-0.3, -0.25) is 9.59 Å². The quantitative estimate of drug-likeness (QED) is 0.677. The Labute approximate surface area is 98.9 Å². The second kappa shape index (κ2) is 5.51. The lowest BCUT2D eigenvalue weighted by atomic mass is 10.2. The molecule has 0 aliphatic carbocycles. The van der Waals surface area contributed by atoms with E-state index in [1.165, 1.54) is 16.7 Å². The Morgan fingerprint density at radius 1 is 1.35 bits per heavy atom. The van der Waals surface area contributed by atoms with Crippen molar-refractivity contribution in [2.75, 3.05) is 26.2 Å². The van der Waals surface area contributed by atoms with Crippen molar-refractivity contribution >= 4 is 18.0 Å². The van der Waals surface area contributed by atoms with Crippen LogP contribution in [-0.4, -0.2) is 65.2 Å². The highest BCUT2D eigenvalue weighted by atomic mass is 16.5. The van der Waals surface area contributed by atoms with Crippen LogP contribution in [0, 0.1) is 0 Å². The lowest BCUT2D eigenvalue weighted by molar-refractivity contribution is -0.151. The summed E-state index contributed by atoms with van der Waals surface area (Å²) >= 11 is 0. The number of esters is 1. The number of carbonyl (C=O) groups excluding carboxylic acids is 2. The SMILES string of the molecule is CC(=O)OCC(=O)N1CCN(C(=O)O)C(C)C1. The number of nitrogens with zero attached hydrogens (tertiary/aromatic N) is 2. The minimum Gasteiger partial charge on any atom is -0.465 e. The Kier molecular flexibility index (Phi) is 4.30. The van der Waals surface area contributed by atoms with Gasteiger partial charge >= 0.3 is 12.1 Å². The first-order valence-corrected chi connectivity index (χ1v) is 5.32. The summed E-state index contributed by atoms with van der Waals surface area (Å²) in [5.74, 6) is -0.798. The lowest BCUT2D eigenvalue weighted by Crippen LogP contribution is -2.55. The molecule has 0 aromatic carbocycles. The molecular formula is C10H16N2O5. The Balaban J connectivity index is 2.46. The van der Waals surface area contributed by atoms with E-state index in [4.69, 9.17) is 5.11 Å². The highest BCUT2D eigenvalue weighted by Crippen LogP contribution is 2.09. The molecule has 1 aliphatic rings. The number of carboxylic acid groups (broad SMARTS) is 1. The van der Waals surface area contributed by atoms with Gasteiger partial charge in [0, 0.05) is 32.6 Å². The maximum Gasteiger partial charge on any atom is 0.407 e. The van der Waals surface area contributed by atoms with E-state index in [2.05, 4.69) is 4.74 Å². The largest absolute Gasteiger partial charge is 0.465 e. The fourth-order valence-corrected chi connectivity index (χ4v) is 1.72. The summed E-state index contributed by atoms with van der Waals surface area (Å²) in [6.45, 7) is 3.62. The molecule has 7 heteroatoms. The molecule has 0 spiro atoms. The Morgan fingerprint density at radius 2 is 2.00 bits per heavy atom. The molecule has 0 saturated carbocycles. The first kappa shape index (κ1) is 13.3. The average molecular weight is 244 g/mol. The van der Waals surface area contributed by atoms with E-state index in [1.54, 1.807) is 6.92 Å². The van der Waals surface area contributed by atoms with Gasteiger partial charge in [0.1, 0.15) is 0 Å². The second-order valence-corrected chi connectivity index (χ2v) is 3.95. The van der Waals surface area contributed by atoms with E-state index in [0.29, 0.717) is 13.1 Å². The maximum atomic E-state index is 11.6. The Bertz CT molecular complexity index is 331. The zero-order valence-electron chi connectivity index (χ0n) is 9.88. The summed E-state index contributed by atoms with van der Waals surface area (Å²) in [5, 5.41) is 8.86. The van der Waals surface area contributed by atoms with E-state index in [0.717, 1.165) is 0 Å². The molecule has 1 aliphatic heterocycles. The number of carbonyl (C=O) groups is 3. The van der Waals surface area contributed by atoms with E-state index < -0.39 is 12.1 Å². The van der Waals surface area contributed by atoms with Gasteiger partial charge < -0.3 is 19.6 Å². The van der Waals surface area contributed by atoms with Crippen LogP contribution in [0.15, 0.2) is 0 Å². The number of hydrogen-bond donors (Lipinski definition) is 1. The maximum absolute atomic E-state index is 11.6. The van der Waals surface area contributed by atoms with Crippen LogP contribution in [0.2, 0.25) is 0 Å². The van der Waals surface area contributed by atoms with Crippen molar-refractivity contribution in [1.29, 1.82) is 0 Å². The van der Waals surface area contributed by atoms with Crippen LogP contribution in [0.5, 0.6) is 0 Å². The van der Waals surface area contributed by atoms with Crippen molar-refractivity contribution in [3.05, 3.63) is 0 Å². The molecule has 1 rings (SSSR count). The molecule has 0 aromatic rings. The van der Waals surface area contributed by atoms with Crippen molar-refractivity contribution in [2.24, 2.45) is 0 Å². The lowest BCUT2D eigenvalue weighted by Gasteiger charge is -2.38. The van der Waals surface area contributed by atoms with Crippen molar-refractivity contribution in [2.45, 2.75) is 19.9 Å². The van der Waals surface area contributed by atoms with Gasteiger partial charge in [-0.2, -0.15) is 0 Å². The van der Waals surface area contributed by atoms with E-state index >= 15 is 0 Å². The van der Waals surface area contributed by atoms with E-state index in [-0.39, 0.29) is 25.1 Å².